The molecule has 0 aromatic carbocycles. The number of nitrogens with one attached hydrogen (secondary N) is 1. The van der Waals surface area contributed by atoms with Crippen molar-refractivity contribution in [3.8, 4) is 0 Å². The van der Waals surface area contributed by atoms with E-state index >= 15 is 0 Å². The van der Waals surface area contributed by atoms with E-state index in [0.717, 1.165) is 12.3 Å². The summed E-state index contributed by atoms with van der Waals surface area (Å²) in [6.07, 6.45) is 4.85. The molecule has 0 radical (unpaired) electrons. The maximum Gasteiger partial charge on any atom is 0.113 e. The van der Waals surface area contributed by atoms with Gasteiger partial charge in [-0.2, -0.15) is 0 Å². The summed E-state index contributed by atoms with van der Waals surface area (Å²) in [6.45, 7) is 11.3. The number of aryl methyl sites for hydroxylation is 2. The van der Waals surface area contributed by atoms with E-state index < -0.39 is 0 Å². The molecule has 1 aromatic heterocycles. The highest BCUT2D eigenvalue weighted by atomic mass is 32.1. The summed E-state index contributed by atoms with van der Waals surface area (Å²) in [6, 6.07) is 0.518. The van der Waals surface area contributed by atoms with Gasteiger partial charge in [0.25, 0.3) is 0 Å². The lowest BCUT2D eigenvalue weighted by molar-refractivity contribution is 0.301. The van der Waals surface area contributed by atoms with Crippen LogP contribution in [0.5, 0.6) is 0 Å². The summed E-state index contributed by atoms with van der Waals surface area (Å²) in [7, 11) is 0. The zero-order valence-electron chi connectivity index (χ0n) is 12.3. The van der Waals surface area contributed by atoms with Crippen LogP contribution in [0, 0.1) is 12.8 Å². The third-order valence-electron chi connectivity index (χ3n) is 3.96. The van der Waals surface area contributed by atoms with Crippen molar-refractivity contribution in [3.05, 3.63) is 15.6 Å². The maximum absolute atomic E-state index is 4.93. The molecule has 2 unspecified atom stereocenters. The van der Waals surface area contributed by atoms with Gasteiger partial charge in [-0.1, -0.05) is 13.8 Å². The standard InChI is InChI=1S/C15H26N2S/c1-6-13-12(5)18-14(16-13)15(17-10(2)3)8-7-11(4)9-15/h10-11,17H,6-9H2,1-5H3. The smallest absolute Gasteiger partial charge is 0.113 e. The number of nitrogens with zero attached hydrogens (tertiary/aromatic N) is 1. The molecule has 18 heavy (non-hydrogen) atoms. The minimum Gasteiger partial charge on any atom is -0.303 e. The van der Waals surface area contributed by atoms with E-state index in [1.54, 1.807) is 0 Å². The van der Waals surface area contributed by atoms with E-state index in [2.05, 4.69) is 39.9 Å². The SMILES string of the molecule is CCc1nc(C2(NC(C)C)CCC(C)C2)sc1C. The topological polar surface area (TPSA) is 24.9 Å². The van der Waals surface area contributed by atoms with Crippen LogP contribution in [0.3, 0.4) is 0 Å². The molecule has 2 nitrogen and oxygen atoms in total. The molecule has 1 aliphatic carbocycles. The zero-order chi connectivity index (χ0) is 13.3. The summed E-state index contributed by atoms with van der Waals surface area (Å²) >= 11 is 1.91. The van der Waals surface area contributed by atoms with Crippen molar-refractivity contribution < 1.29 is 0 Å². The van der Waals surface area contributed by atoms with E-state index in [0.29, 0.717) is 6.04 Å². The Bertz CT molecular complexity index is 411. The lowest BCUT2D eigenvalue weighted by Gasteiger charge is -2.31. The van der Waals surface area contributed by atoms with Gasteiger partial charge >= 0.3 is 0 Å². The Morgan fingerprint density at radius 2 is 2.22 bits per heavy atom. The van der Waals surface area contributed by atoms with Crippen LogP contribution >= 0.6 is 11.3 Å². The Balaban J connectivity index is 2.33. The number of aromatic nitrogens is 1. The maximum atomic E-state index is 4.93. The second kappa shape index (κ2) is 5.30. The van der Waals surface area contributed by atoms with Crippen LogP contribution in [0.2, 0.25) is 0 Å². The van der Waals surface area contributed by atoms with Gasteiger partial charge in [-0.25, -0.2) is 4.98 Å². The number of hydrogen-bond acceptors (Lipinski definition) is 3. The summed E-state index contributed by atoms with van der Waals surface area (Å²) in [4.78, 5) is 6.33. The number of hydrogen-bond donors (Lipinski definition) is 1. The lowest BCUT2D eigenvalue weighted by atomic mass is 9.96. The first kappa shape index (κ1) is 14.0. The van der Waals surface area contributed by atoms with Crippen molar-refractivity contribution in [2.24, 2.45) is 5.92 Å². The van der Waals surface area contributed by atoms with Crippen molar-refractivity contribution >= 4 is 11.3 Å². The van der Waals surface area contributed by atoms with Gasteiger partial charge < -0.3 is 5.32 Å². The molecule has 1 saturated carbocycles. The molecular formula is C15H26N2S. The van der Waals surface area contributed by atoms with Gasteiger partial charge in [0.15, 0.2) is 0 Å². The zero-order valence-corrected chi connectivity index (χ0v) is 13.2. The average molecular weight is 266 g/mol. The third kappa shape index (κ3) is 2.62. The molecule has 1 N–H and O–H groups in total. The van der Waals surface area contributed by atoms with E-state index in [-0.39, 0.29) is 5.54 Å². The normalized spacial score (nSPS) is 28.2. The molecule has 2 rings (SSSR count). The van der Waals surface area contributed by atoms with Crippen molar-refractivity contribution in [2.45, 2.75) is 71.9 Å². The summed E-state index contributed by atoms with van der Waals surface area (Å²) in [5.41, 5.74) is 1.44. The molecule has 1 aromatic rings. The summed E-state index contributed by atoms with van der Waals surface area (Å²) in [5.74, 6) is 0.811. The number of thiazole rings is 1. The first-order chi connectivity index (χ1) is 8.47. The third-order valence-corrected chi connectivity index (χ3v) is 5.18. The van der Waals surface area contributed by atoms with Gasteiger partial charge in [0.2, 0.25) is 0 Å². The van der Waals surface area contributed by atoms with Crippen LogP contribution in [0.4, 0.5) is 0 Å². The first-order valence-corrected chi connectivity index (χ1v) is 8.03. The van der Waals surface area contributed by atoms with Crippen LogP contribution in [0.1, 0.15) is 62.5 Å². The van der Waals surface area contributed by atoms with Crippen LogP contribution < -0.4 is 5.32 Å². The van der Waals surface area contributed by atoms with Gasteiger partial charge in [0.1, 0.15) is 5.01 Å². The second-order valence-electron chi connectivity index (χ2n) is 6.10. The predicted molar refractivity (Wildman–Crippen MR) is 79.2 cm³/mol. The Morgan fingerprint density at radius 1 is 1.50 bits per heavy atom. The second-order valence-corrected chi connectivity index (χ2v) is 7.31. The van der Waals surface area contributed by atoms with E-state index in [1.165, 1.54) is 34.8 Å². The molecule has 0 aliphatic heterocycles. The highest BCUT2D eigenvalue weighted by Crippen LogP contribution is 2.44. The molecule has 0 spiro atoms. The average Bonchev–Trinajstić information content (AvgIpc) is 2.83. The van der Waals surface area contributed by atoms with Crippen molar-refractivity contribution in [1.29, 1.82) is 0 Å². The van der Waals surface area contributed by atoms with Crippen LogP contribution in [0.25, 0.3) is 0 Å². The molecule has 2 atom stereocenters. The fourth-order valence-corrected chi connectivity index (χ4v) is 4.39. The fourth-order valence-electron chi connectivity index (χ4n) is 3.19. The highest BCUT2D eigenvalue weighted by Gasteiger charge is 2.41. The minimum atomic E-state index is 0.149. The Kier molecular flexibility index (Phi) is 4.12. The van der Waals surface area contributed by atoms with E-state index in [9.17, 15) is 0 Å². The molecule has 0 amide bonds. The lowest BCUT2D eigenvalue weighted by Crippen LogP contribution is -2.44. The largest absolute Gasteiger partial charge is 0.303 e. The molecule has 102 valence electrons. The van der Waals surface area contributed by atoms with Crippen LogP contribution in [-0.4, -0.2) is 11.0 Å². The quantitative estimate of drug-likeness (QED) is 0.890. The van der Waals surface area contributed by atoms with Gasteiger partial charge in [0.05, 0.1) is 11.2 Å². The molecule has 1 heterocycles. The molecular weight excluding hydrogens is 240 g/mol. The fraction of sp³-hybridized carbons (Fsp3) is 0.800. The number of rotatable bonds is 4. The van der Waals surface area contributed by atoms with Crippen LogP contribution in [-0.2, 0) is 12.0 Å². The van der Waals surface area contributed by atoms with Gasteiger partial charge in [-0.05, 0) is 52.4 Å². The Hall–Kier alpha value is -0.410. The van der Waals surface area contributed by atoms with Crippen molar-refractivity contribution in [3.63, 3.8) is 0 Å². The van der Waals surface area contributed by atoms with Gasteiger partial charge in [0, 0.05) is 10.9 Å². The van der Waals surface area contributed by atoms with E-state index in [4.69, 9.17) is 4.98 Å². The minimum absolute atomic E-state index is 0.149. The molecule has 1 aliphatic rings. The summed E-state index contributed by atoms with van der Waals surface area (Å²) in [5, 5.41) is 5.14. The molecule has 0 bridgehead atoms. The Morgan fingerprint density at radius 3 is 2.67 bits per heavy atom. The van der Waals surface area contributed by atoms with Crippen LogP contribution in [0.15, 0.2) is 0 Å². The predicted octanol–water partition coefficient (Wildman–Crippen LogP) is 4.03. The summed E-state index contributed by atoms with van der Waals surface area (Å²) < 4.78 is 0. The van der Waals surface area contributed by atoms with Crippen molar-refractivity contribution in [1.82, 2.24) is 10.3 Å². The van der Waals surface area contributed by atoms with Gasteiger partial charge in [-0.3, -0.25) is 0 Å². The van der Waals surface area contributed by atoms with Crippen molar-refractivity contribution in [2.75, 3.05) is 0 Å². The van der Waals surface area contributed by atoms with Gasteiger partial charge in [-0.15, -0.1) is 11.3 Å². The Labute approximate surface area is 115 Å². The highest BCUT2D eigenvalue weighted by molar-refractivity contribution is 7.11. The molecule has 1 fully saturated rings. The van der Waals surface area contributed by atoms with E-state index in [1.807, 2.05) is 11.3 Å². The first-order valence-electron chi connectivity index (χ1n) is 7.21. The monoisotopic (exact) mass is 266 g/mol. The molecule has 0 saturated heterocycles. The molecule has 3 heteroatoms.